The minimum Gasteiger partial charge on any atom is -0.497 e. The van der Waals surface area contributed by atoms with Crippen LogP contribution in [0.4, 0.5) is 5.69 Å². The molecule has 0 aliphatic heterocycles. The lowest BCUT2D eigenvalue weighted by molar-refractivity contribution is -0.385. The molecule has 0 aliphatic rings. The summed E-state index contributed by atoms with van der Waals surface area (Å²) >= 11 is 5.88. The molecule has 0 unspecified atom stereocenters. The van der Waals surface area contributed by atoms with Gasteiger partial charge in [-0.1, -0.05) is 11.6 Å². The average Bonchev–Trinajstić information content (AvgIpc) is 2.77. The molecule has 0 atom stereocenters. The summed E-state index contributed by atoms with van der Waals surface area (Å²) in [6.07, 6.45) is 0. The molecule has 31 heavy (non-hydrogen) atoms. The van der Waals surface area contributed by atoms with Crippen molar-refractivity contribution in [3.63, 3.8) is 0 Å². The maximum absolute atomic E-state index is 12.4. The molecule has 2 aromatic carbocycles. The predicted octanol–water partition coefficient (Wildman–Crippen LogP) is 3.07. The van der Waals surface area contributed by atoms with Crippen LogP contribution in [0, 0.1) is 10.1 Å². The quantitative estimate of drug-likeness (QED) is 0.290. The smallest absolute Gasteiger partial charge is 0.270 e. The van der Waals surface area contributed by atoms with E-state index in [1.165, 1.54) is 0 Å². The van der Waals surface area contributed by atoms with Crippen LogP contribution in [0.3, 0.4) is 0 Å². The van der Waals surface area contributed by atoms with E-state index >= 15 is 0 Å². The van der Waals surface area contributed by atoms with E-state index < -0.39 is 14.9 Å². The number of halogens is 1. The van der Waals surface area contributed by atoms with E-state index in [1.807, 2.05) is 12.1 Å². The van der Waals surface area contributed by atoms with Crippen LogP contribution in [0.1, 0.15) is 0 Å². The first-order chi connectivity index (χ1) is 14.8. The van der Waals surface area contributed by atoms with Gasteiger partial charge in [0.05, 0.1) is 22.7 Å². The Morgan fingerprint density at radius 3 is 2.45 bits per heavy atom. The molecule has 12 heteroatoms. The molecule has 0 saturated carbocycles. The molecule has 0 bridgehead atoms. The summed E-state index contributed by atoms with van der Waals surface area (Å²) in [4.78, 5) is 9.78. The molecule has 1 aromatic heterocycles. The average molecular weight is 465 g/mol. The Balaban J connectivity index is 1.56. The van der Waals surface area contributed by atoms with Crippen molar-refractivity contribution in [3.8, 4) is 22.9 Å². The molecule has 0 fully saturated rings. The van der Waals surface area contributed by atoms with Crippen molar-refractivity contribution < 1.29 is 22.8 Å². The minimum absolute atomic E-state index is 0.0393. The molecular weight excluding hydrogens is 448 g/mol. The number of non-ortho nitro benzene ring substituents is 1. The number of methoxy groups -OCH3 is 1. The molecular formula is C19H17ClN4O6S. The van der Waals surface area contributed by atoms with Gasteiger partial charge in [-0.05, 0) is 36.4 Å². The fraction of sp³-hybridized carbons (Fsp3) is 0.158. The highest BCUT2D eigenvalue weighted by atomic mass is 35.5. The van der Waals surface area contributed by atoms with E-state index in [0.717, 1.165) is 29.5 Å². The number of rotatable bonds is 9. The van der Waals surface area contributed by atoms with Gasteiger partial charge in [-0.15, -0.1) is 10.2 Å². The first-order valence-corrected chi connectivity index (χ1v) is 10.7. The third kappa shape index (κ3) is 5.66. The fourth-order valence-corrected chi connectivity index (χ4v) is 4.06. The summed E-state index contributed by atoms with van der Waals surface area (Å²) in [5.74, 6) is 0.940. The number of nitro groups is 1. The Bertz CT molecular complexity index is 1170. The first kappa shape index (κ1) is 22.4. The van der Waals surface area contributed by atoms with Gasteiger partial charge in [-0.2, -0.15) is 0 Å². The van der Waals surface area contributed by atoms with Crippen molar-refractivity contribution >= 4 is 27.3 Å². The van der Waals surface area contributed by atoms with E-state index in [1.54, 1.807) is 31.4 Å². The zero-order valence-electron chi connectivity index (χ0n) is 16.2. The van der Waals surface area contributed by atoms with Gasteiger partial charge >= 0.3 is 0 Å². The molecule has 0 spiro atoms. The molecule has 0 saturated heterocycles. The molecule has 10 nitrogen and oxygen atoms in total. The highest BCUT2D eigenvalue weighted by Gasteiger charge is 2.21. The van der Waals surface area contributed by atoms with E-state index in [4.69, 9.17) is 21.1 Å². The van der Waals surface area contributed by atoms with Crippen LogP contribution in [-0.4, -0.2) is 43.8 Å². The standard InChI is InChI=1S/C19H17ClN4O6S/c1-29-15-5-2-13(3-6-15)17-8-9-19(23-22-17)30-11-10-21-31(27,28)18-12-14(24(25)26)4-7-16(18)20/h2-9,12,21H,10-11H2,1H3. The summed E-state index contributed by atoms with van der Waals surface area (Å²) in [7, 11) is -2.48. The number of sulfonamides is 1. The van der Waals surface area contributed by atoms with Crippen molar-refractivity contribution in [2.24, 2.45) is 0 Å². The fourth-order valence-electron chi connectivity index (χ4n) is 2.53. The van der Waals surface area contributed by atoms with E-state index in [0.29, 0.717) is 5.69 Å². The molecule has 0 aliphatic carbocycles. The van der Waals surface area contributed by atoms with Gasteiger partial charge in [0.1, 0.15) is 17.3 Å². The number of hydrogen-bond acceptors (Lipinski definition) is 8. The maximum Gasteiger partial charge on any atom is 0.270 e. The summed E-state index contributed by atoms with van der Waals surface area (Å²) < 4.78 is 37.5. The second-order valence-electron chi connectivity index (χ2n) is 6.10. The molecule has 3 rings (SSSR count). The van der Waals surface area contributed by atoms with Crippen molar-refractivity contribution in [2.75, 3.05) is 20.3 Å². The van der Waals surface area contributed by atoms with E-state index in [9.17, 15) is 18.5 Å². The van der Waals surface area contributed by atoms with Gasteiger partial charge in [-0.25, -0.2) is 13.1 Å². The lowest BCUT2D eigenvalue weighted by atomic mass is 10.1. The number of hydrogen-bond donors (Lipinski definition) is 1. The first-order valence-electron chi connectivity index (χ1n) is 8.85. The molecule has 162 valence electrons. The number of nitrogens with zero attached hydrogens (tertiary/aromatic N) is 3. The second kappa shape index (κ2) is 9.69. The zero-order chi connectivity index (χ0) is 22.4. The van der Waals surface area contributed by atoms with Crippen molar-refractivity contribution in [1.29, 1.82) is 0 Å². The third-order valence-electron chi connectivity index (χ3n) is 4.09. The van der Waals surface area contributed by atoms with Crippen LogP contribution in [0.5, 0.6) is 11.6 Å². The van der Waals surface area contributed by atoms with Crippen LogP contribution < -0.4 is 14.2 Å². The van der Waals surface area contributed by atoms with E-state index in [2.05, 4.69) is 14.9 Å². The van der Waals surface area contributed by atoms with Crippen LogP contribution in [-0.2, 0) is 10.0 Å². The Morgan fingerprint density at radius 1 is 1.10 bits per heavy atom. The van der Waals surface area contributed by atoms with Gasteiger partial charge in [0, 0.05) is 30.3 Å². The summed E-state index contributed by atoms with van der Waals surface area (Å²) in [5.41, 5.74) is 1.10. The summed E-state index contributed by atoms with van der Waals surface area (Å²) in [5, 5.41) is 18.8. The number of benzene rings is 2. The lowest BCUT2D eigenvalue weighted by Gasteiger charge is -2.09. The third-order valence-corrected chi connectivity index (χ3v) is 6.03. The Morgan fingerprint density at radius 2 is 1.84 bits per heavy atom. The normalized spacial score (nSPS) is 11.2. The summed E-state index contributed by atoms with van der Waals surface area (Å²) in [6, 6.07) is 13.8. The van der Waals surface area contributed by atoms with Gasteiger partial charge in [0.15, 0.2) is 0 Å². The number of nitro benzene ring substituents is 1. The topological polar surface area (TPSA) is 134 Å². The predicted molar refractivity (Wildman–Crippen MR) is 113 cm³/mol. The Hall–Kier alpha value is -3.28. The van der Waals surface area contributed by atoms with Gasteiger partial charge in [0.2, 0.25) is 15.9 Å². The molecule has 0 amide bonds. The SMILES string of the molecule is COc1ccc(-c2ccc(OCCNS(=O)(=O)c3cc([N+](=O)[O-])ccc3Cl)nn2)cc1. The van der Waals surface area contributed by atoms with Gasteiger partial charge < -0.3 is 9.47 Å². The molecule has 3 aromatic rings. The monoisotopic (exact) mass is 464 g/mol. The molecule has 1 N–H and O–H groups in total. The van der Waals surface area contributed by atoms with Crippen molar-refractivity contribution in [3.05, 3.63) is 69.7 Å². The van der Waals surface area contributed by atoms with E-state index in [-0.39, 0.29) is 34.6 Å². The molecule has 1 heterocycles. The number of ether oxygens (including phenoxy) is 2. The van der Waals surface area contributed by atoms with Crippen molar-refractivity contribution in [1.82, 2.24) is 14.9 Å². The van der Waals surface area contributed by atoms with Gasteiger partial charge in [0.25, 0.3) is 5.69 Å². The minimum atomic E-state index is -4.06. The largest absolute Gasteiger partial charge is 0.497 e. The maximum atomic E-state index is 12.4. The molecule has 0 radical (unpaired) electrons. The highest BCUT2D eigenvalue weighted by molar-refractivity contribution is 7.89. The highest BCUT2D eigenvalue weighted by Crippen LogP contribution is 2.26. The van der Waals surface area contributed by atoms with Crippen molar-refractivity contribution in [2.45, 2.75) is 4.90 Å². The van der Waals surface area contributed by atoms with Crippen LogP contribution in [0.25, 0.3) is 11.3 Å². The number of nitrogens with one attached hydrogen (secondary N) is 1. The Kier molecular flexibility index (Phi) is 7.00. The Labute approximate surface area is 183 Å². The zero-order valence-corrected chi connectivity index (χ0v) is 17.8. The van der Waals surface area contributed by atoms with Gasteiger partial charge in [-0.3, -0.25) is 10.1 Å². The van der Waals surface area contributed by atoms with Crippen LogP contribution in [0.15, 0.2) is 59.5 Å². The second-order valence-corrected chi connectivity index (χ2v) is 8.25. The van der Waals surface area contributed by atoms with Crippen LogP contribution in [0.2, 0.25) is 5.02 Å². The van der Waals surface area contributed by atoms with Crippen LogP contribution >= 0.6 is 11.6 Å². The lowest BCUT2D eigenvalue weighted by Crippen LogP contribution is -2.28. The number of aromatic nitrogens is 2. The summed E-state index contributed by atoms with van der Waals surface area (Å²) in [6.45, 7) is -0.147.